The summed E-state index contributed by atoms with van der Waals surface area (Å²) >= 11 is 0. The van der Waals surface area contributed by atoms with Crippen LogP contribution in [-0.4, -0.2) is 5.91 Å². The second-order valence-electron chi connectivity index (χ2n) is 4.42. The van der Waals surface area contributed by atoms with Crippen molar-refractivity contribution in [3.05, 3.63) is 65.2 Å². The summed E-state index contributed by atoms with van der Waals surface area (Å²) in [7, 11) is 0. The summed E-state index contributed by atoms with van der Waals surface area (Å²) in [5, 5.41) is 2.19. The molecule has 0 bridgehead atoms. The van der Waals surface area contributed by atoms with Crippen LogP contribution in [0, 0.1) is 0 Å². The van der Waals surface area contributed by atoms with Gasteiger partial charge in [0.05, 0.1) is 5.56 Å². The second kappa shape index (κ2) is 6.13. The lowest BCUT2D eigenvalue weighted by Gasteiger charge is -2.11. The van der Waals surface area contributed by atoms with Crippen LogP contribution >= 0.6 is 0 Å². The van der Waals surface area contributed by atoms with Crippen LogP contribution in [0.2, 0.25) is 0 Å². The Labute approximate surface area is 122 Å². The van der Waals surface area contributed by atoms with E-state index in [4.69, 9.17) is 0 Å². The van der Waals surface area contributed by atoms with E-state index >= 15 is 0 Å². The highest BCUT2D eigenvalue weighted by atomic mass is 19.4. The molecule has 0 radical (unpaired) electrons. The van der Waals surface area contributed by atoms with Gasteiger partial charge in [0.25, 0.3) is 12.3 Å². The first-order valence-corrected chi connectivity index (χ1v) is 6.14. The van der Waals surface area contributed by atoms with Crippen LogP contribution in [-0.2, 0) is 6.18 Å². The quantitative estimate of drug-likeness (QED) is 0.802. The van der Waals surface area contributed by atoms with Crippen molar-refractivity contribution in [2.45, 2.75) is 12.6 Å². The molecule has 116 valence electrons. The lowest BCUT2D eigenvalue weighted by Crippen LogP contribution is -2.15. The van der Waals surface area contributed by atoms with Crippen molar-refractivity contribution < 1.29 is 26.7 Å². The summed E-state index contributed by atoms with van der Waals surface area (Å²) in [5.41, 5.74) is -1.82. The maximum Gasteiger partial charge on any atom is 0.416 e. The maximum atomic E-state index is 12.8. The Kier molecular flexibility index (Phi) is 4.44. The molecule has 2 aromatic carbocycles. The molecule has 0 saturated carbocycles. The molecule has 0 aromatic heterocycles. The molecule has 0 aliphatic rings. The van der Waals surface area contributed by atoms with E-state index in [0.29, 0.717) is 0 Å². The number of anilines is 1. The molecule has 0 fully saturated rings. The summed E-state index contributed by atoms with van der Waals surface area (Å²) in [4.78, 5) is 12.0. The first-order valence-electron chi connectivity index (χ1n) is 6.14. The molecular weight excluding hydrogens is 305 g/mol. The van der Waals surface area contributed by atoms with Crippen molar-refractivity contribution in [3.8, 4) is 0 Å². The standard InChI is InChI=1S/C15H10F5NO/c16-13(17)11-6-1-2-7-12(11)14(22)21-10-5-3-4-9(8-10)15(18,19)20/h1-8,13H,(H,21,22). The molecule has 7 heteroatoms. The number of halogens is 5. The van der Waals surface area contributed by atoms with Gasteiger partial charge < -0.3 is 5.32 Å². The predicted octanol–water partition coefficient (Wildman–Crippen LogP) is 4.90. The Balaban J connectivity index is 2.27. The van der Waals surface area contributed by atoms with E-state index < -0.39 is 29.6 Å². The summed E-state index contributed by atoms with van der Waals surface area (Å²) < 4.78 is 63.4. The number of alkyl halides is 5. The number of hydrogen-bond donors (Lipinski definition) is 1. The zero-order valence-corrected chi connectivity index (χ0v) is 11.0. The topological polar surface area (TPSA) is 29.1 Å². The van der Waals surface area contributed by atoms with Crippen LogP contribution in [0.3, 0.4) is 0 Å². The van der Waals surface area contributed by atoms with E-state index in [9.17, 15) is 26.7 Å². The zero-order chi connectivity index (χ0) is 16.3. The first-order chi connectivity index (χ1) is 10.3. The molecule has 1 amide bonds. The van der Waals surface area contributed by atoms with Gasteiger partial charge in [0.2, 0.25) is 0 Å². The molecule has 0 heterocycles. The average molecular weight is 315 g/mol. The maximum absolute atomic E-state index is 12.8. The Morgan fingerprint density at radius 1 is 1.00 bits per heavy atom. The summed E-state index contributed by atoms with van der Waals surface area (Å²) in [5.74, 6) is -0.893. The van der Waals surface area contributed by atoms with Crippen LogP contribution < -0.4 is 5.32 Å². The van der Waals surface area contributed by atoms with Crippen molar-refractivity contribution in [2.24, 2.45) is 0 Å². The van der Waals surface area contributed by atoms with Gasteiger partial charge in [-0.05, 0) is 24.3 Å². The Morgan fingerprint density at radius 2 is 1.68 bits per heavy atom. The zero-order valence-electron chi connectivity index (χ0n) is 11.0. The van der Waals surface area contributed by atoms with Crippen molar-refractivity contribution in [1.29, 1.82) is 0 Å². The summed E-state index contributed by atoms with van der Waals surface area (Å²) in [6.45, 7) is 0. The number of carbonyl (C=O) groups is 1. The van der Waals surface area contributed by atoms with Gasteiger partial charge in [0.1, 0.15) is 0 Å². The van der Waals surface area contributed by atoms with E-state index in [1.165, 1.54) is 24.3 Å². The third-order valence-electron chi connectivity index (χ3n) is 2.89. The van der Waals surface area contributed by atoms with Gasteiger partial charge in [0.15, 0.2) is 0 Å². The van der Waals surface area contributed by atoms with Crippen molar-refractivity contribution >= 4 is 11.6 Å². The minimum absolute atomic E-state index is 0.121. The SMILES string of the molecule is O=C(Nc1cccc(C(F)(F)F)c1)c1ccccc1C(F)F. The lowest BCUT2D eigenvalue weighted by atomic mass is 10.1. The monoisotopic (exact) mass is 315 g/mol. The summed E-state index contributed by atoms with van der Waals surface area (Å²) in [6, 6.07) is 8.98. The van der Waals surface area contributed by atoms with Gasteiger partial charge >= 0.3 is 6.18 Å². The third kappa shape index (κ3) is 3.60. The van der Waals surface area contributed by atoms with Gasteiger partial charge in [-0.25, -0.2) is 8.78 Å². The molecule has 2 aromatic rings. The molecule has 2 nitrogen and oxygen atoms in total. The smallest absolute Gasteiger partial charge is 0.322 e. The molecule has 0 saturated heterocycles. The fraction of sp³-hybridized carbons (Fsp3) is 0.133. The minimum atomic E-state index is -4.55. The molecule has 22 heavy (non-hydrogen) atoms. The van der Waals surface area contributed by atoms with Gasteiger partial charge in [-0.1, -0.05) is 24.3 Å². The minimum Gasteiger partial charge on any atom is -0.322 e. The van der Waals surface area contributed by atoms with Crippen LogP contribution in [0.4, 0.5) is 27.6 Å². The third-order valence-corrected chi connectivity index (χ3v) is 2.89. The van der Waals surface area contributed by atoms with Crippen LogP contribution in [0.25, 0.3) is 0 Å². The molecule has 0 unspecified atom stereocenters. The molecule has 2 rings (SSSR count). The molecule has 0 atom stereocenters. The first kappa shape index (κ1) is 15.9. The molecule has 0 spiro atoms. The number of nitrogens with one attached hydrogen (secondary N) is 1. The van der Waals surface area contributed by atoms with E-state index in [2.05, 4.69) is 5.32 Å². The normalized spacial score (nSPS) is 11.5. The van der Waals surface area contributed by atoms with E-state index in [1.54, 1.807) is 0 Å². The number of hydrogen-bond acceptors (Lipinski definition) is 1. The van der Waals surface area contributed by atoms with Gasteiger partial charge in [-0.2, -0.15) is 13.2 Å². The Morgan fingerprint density at radius 3 is 2.32 bits per heavy atom. The Bertz CT molecular complexity index is 682. The largest absolute Gasteiger partial charge is 0.416 e. The van der Waals surface area contributed by atoms with Gasteiger partial charge in [0, 0.05) is 16.8 Å². The van der Waals surface area contributed by atoms with Crippen molar-refractivity contribution in [1.82, 2.24) is 0 Å². The van der Waals surface area contributed by atoms with Crippen LogP contribution in [0.5, 0.6) is 0 Å². The van der Waals surface area contributed by atoms with Crippen LogP contribution in [0.15, 0.2) is 48.5 Å². The average Bonchev–Trinajstić information content (AvgIpc) is 2.46. The highest BCUT2D eigenvalue weighted by Gasteiger charge is 2.30. The number of carbonyl (C=O) groups excluding carboxylic acids is 1. The number of benzene rings is 2. The van der Waals surface area contributed by atoms with E-state index in [0.717, 1.165) is 24.3 Å². The van der Waals surface area contributed by atoms with Crippen LogP contribution in [0.1, 0.15) is 27.9 Å². The molecule has 0 aliphatic heterocycles. The van der Waals surface area contributed by atoms with Crippen molar-refractivity contribution in [2.75, 3.05) is 5.32 Å². The number of amides is 1. The fourth-order valence-corrected chi connectivity index (χ4v) is 1.87. The van der Waals surface area contributed by atoms with E-state index in [-0.39, 0.29) is 11.3 Å². The highest BCUT2D eigenvalue weighted by molar-refractivity contribution is 6.05. The predicted molar refractivity (Wildman–Crippen MR) is 70.8 cm³/mol. The molecule has 1 N–H and O–H groups in total. The highest BCUT2D eigenvalue weighted by Crippen LogP contribution is 2.31. The fourth-order valence-electron chi connectivity index (χ4n) is 1.87. The summed E-state index contributed by atoms with van der Waals surface area (Å²) in [6.07, 6.45) is -7.41. The second-order valence-corrected chi connectivity index (χ2v) is 4.42. The van der Waals surface area contributed by atoms with Gasteiger partial charge in [-0.3, -0.25) is 4.79 Å². The molecular formula is C15H10F5NO. The van der Waals surface area contributed by atoms with E-state index in [1.807, 2.05) is 0 Å². The Hall–Kier alpha value is -2.44. The molecule has 0 aliphatic carbocycles. The number of rotatable bonds is 3. The van der Waals surface area contributed by atoms with Gasteiger partial charge in [-0.15, -0.1) is 0 Å². The van der Waals surface area contributed by atoms with Crippen molar-refractivity contribution in [3.63, 3.8) is 0 Å². The lowest BCUT2D eigenvalue weighted by molar-refractivity contribution is -0.137.